The van der Waals surface area contributed by atoms with E-state index in [1.807, 2.05) is 0 Å². The molecule has 1 saturated carbocycles. The van der Waals surface area contributed by atoms with Crippen LogP contribution in [-0.2, 0) is 11.3 Å². The number of alkyl halides is 3. The minimum absolute atomic E-state index is 0. The van der Waals surface area contributed by atoms with Gasteiger partial charge in [-0.3, -0.25) is 4.79 Å². The van der Waals surface area contributed by atoms with Gasteiger partial charge in [-0.25, -0.2) is 0 Å². The Bertz CT molecular complexity index is 581. The summed E-state index contributed by atoms with van der Waals surface area (Å²) in [6, 6.07) is 6.62. The van der Waals surface area contributed by atoms with Crippen molar-refractivity contribution >= 4 is 18.3 Å². The van der Waals surface area contributed by atoms with Crippen LogP contribution in [0.4, 0.5) is 13.2 Å². The molecule has 3 rings (SSSR count). The predicted molar refractivity (Wildman–Crippen MR) is 94.4 cm³/mol. The number of carbonyl (C=O) groups is 1. The standard InChI is InChI=1S/C18H23F3N2O2.ClH/c19-18(20,21)11-25-14-7-5-12(6-8-14)10-22-17(24)16-9-13-3-1-2-4-15(13)23-16;/h5-8,13,15-16,23H,1-4,9-11H2,(H,22,24);1H. The third kappa shape index (κ3) is 5.77. The van der Waals surface area contributed by atoms with Crippen LogP contribution in [0.2, 0.25) is 0 Å². The molecular formula is C18H24ClF3N2O2. The summed E-state index contributed by atoms with van der Waals surface area (Å²) in [5.74, 6) is 0.760. The number of fused-ring (bicyclic) bond motifs is 1. The van der Waals surface area contributed by atoms with Gasteiger partial charge < -0.3 is 15.4 Å². The van der Waals surface area contributed by atoms with Gasteiger partial charge >= 0.3 is 6.18 Å². The largest absolute Gasteiger partial charge is 0.484 e. The molecule has 1 amide bonds. The molecule has 8 heteroatoms. The van der Waals surface area contributed by atoms with E-state index < -0.39 is 12.8 Å². The van der Waals surface area contributed by atoms with Crippen LogP contribution < -0.4 is 15.4 Å². The molecular weight excluding hydrogens is 369 g/mol. The summed E-state index contributed by atoms with van der Waals surface area (Å²) in [5, 5.41) is 6.33. The molecule has 1 aliphatic carbocycles. The number of nitrogens with one attached hydrogen (secondary N) is 2. The maximum absolute atomic E-state index is 12.3. The Hall–Kier alpha value is -1.47. The molecule has 4 nitrogen and oxygen atoms in total. The molecule has 1 aromatic rings. The minimum atomic E-state index is -4.35. The molecule has 2 fully saturated rings. The second-order valence-corrected chi connectivity index (χ2v) is 6.87. The highest BCUT2D eigenvalue weighted by Crippen LogP contribution is 2.33. The Morgan fingerprint density at radius 3 is 2.54 bits per heavy atom. The maximum atomic E-state index is 12.3. The number of rotatable bonds is 5. The maximum Gasteiger partial charge on any atom is 0.422 e. The third-order valence-corrected chi connectivity index (χ3v) is 4.97. The van der Waals surface area contributed by atoms with Gasteiger partial charge in [0.2, 0.25) is 5.91 Å². The number of halogens is 4. The Labute approximate surface area is 157 Å². The van der Waals surface area contributed by atoms with Crippen LogP contribution in [0, 0.1) is 5.92 Å². The first-order chi connectivity index (χ1) is 11.9. The van der Waals surface area contributed by atoms with Crippen molar-refractivity contribution in [2.45, 2.75) is 56.9 Å². The van der Waals surface area contributed by atoms with E-state index in [1.54, 1.807) is 12.1 Å². The lowest BCUT2D eigenvalue weighted by molar-refractivity contribution is -0.153. The summed E-state index contributed by atoms with van der Waals surface area (Å²) in [6.07, 6.45) is 1.36. The van der Waals surface area contributed by atoms with Gasteiger partial charge in [0.25, 0.3) is 0 Å². The second kappa shape index (κ2) is 8.95. The summed E-state index contributed by atoms with van der Waals surface area (Å²) in [7, 11) is 0. The summed E-state index contributed by atoms with van der Waals surface area (Å²) in [4.78, 5) is 12.3. The first-order valence-electron chi connectivity index (χ1n) is 8.73. The quantitative estimate of drug-likeness (QED) is 0.805. The number of hydrogen-bond acceptors (Lipinski definition) is 3. The Morgan fingerprint density at radius 1 is 1.19 bits per heavy atom. The van der Waals surface area contributed by atoms with Gasteiger partial charge in [-0.1, -0.05) is 25.0 Å². The zero-order chi connectivity index (χ0) is 17.9. The highest BCUT2D eigenvalue weighted by Gasteiger charge is 2.38. The molecule has 1 aliphatic heterocycles. The highest BCUT2D eigenvalue weighted by atomic mass is 35.5. The van der Waals surface area contributed by atoms with E-state index in [4.69, 9.17) is 0 Å². The molecule has 2 N–H and O–H groups in total. The van der Waals surface area contributed by atoms with Crippen LogP contribution in [-0.4, -0.2) is 30.8 Å². The number of carbonyl (C=O) groups excluding carboxylic acids is 1. The number of ether oxygens (including phenoxy) is 1. The van der Waals surface area contributed by atoms with Crippen LogP contribution in [0.1, 0.15) is 37.7 Å². The van der Waals surface area contributed by atoms with E-state index in [2.05, 4.69) is 15.4 Å². The minimum Gasteiger partial charge on any atom is -0.484 e. The van der Waals surface area contributed by atoms with E-state index in [0.29, 0.717) is 18.5 Å². The fourth-order valence-corrected chi connectivity index (χ4v) is 3.70. The number of hydrogen-bond donors (Lipinski definition) is 2. The van der Waals surface area contributed by atoms with Crippen molar-refractivity contribution in [1.29, 1.82) is 0 Å². The van der Waals surface area contributed by atoms with Crippen LogP contribution in [0.15, 0.2) is 24.3 Å². The molecule has 1 aromatic carbocycles. The summed E-state index contributed by atoms with van der Waals surface area (Å²) >= 11 is 0. The zero-order valence-electron chi connectivity index (χ0n) is 14.3. The molecule has 26 heavy (non-hydrogen) atoms. The first kappa shape index (κ1) is 20.8. The lowest BCUT2D eigenvalue weighted by Crippen LogP contribution is -2.42. The highest BCUT2D eigenvalue weighted by molar-refractivity contribution is 5.85. The molecule has 0 radical (unpaired) electrons. The second-order valence-electron chi connectivity index (χ2n) is 6.87. The van der Waals surface area contributed by atoms with E-state index in [1.165, 1.54) is 31.4 Å². The lowest BCUT2D eigenvalue weighted by atomic mass is 9.85. The zero-order valence-corrected chi connectivity index (χ0v) is 15.2. The fraction of sp³-hybridized carbons (Fsp3) is 0.611. The Kier molecular flexibility index (Phi) is 7.17. The van der Waals surface area contributed by atoms with Crippen LogP contribution in [0.5, 0.6) is 5.75 Å². The van der Waals surface area contributed by atoms with E-state index in [9.17, 15) is 18.0 Å². The molecule has 3 unspecified atom stereocenters. The van der Waals surface area contributed by atoms with Gasteiger partial charge in [0.15, 0.2) is 6.61 Å². The Morgan fingerprint density at radius 2 is 1.88 bits per heavy atom. The molecule has 3 atom stereocenters. The van der Waals surface area contributed by atoms with Gasteiger partial charge in [-0.05, 0) is 42.9 Å². The fourth-order valence-electron chi connectivity index (χ4n) is 3.70. The molecule has 0 spiro atoms. The molecule has 0 aromatic heterocycles. The summed E-state index contributed by atoms with van der Waals surface area (Å²) < 4.78 is 41.0. The number of benzene rings is 1. The van der Waals surface area contributed by atoms with E-state index in [0.717, 1.165) is 18.4 Å². The van der Waals surface area contributed by atoms with Gasteiger partial charge in [0, 0.05) is 12.6 Å². The molecule has 1 heterocycles. The van der Waals surface area contributed by atoms with E-state index in [-0.39, 0.29) is 30.1 Å². The lowest BCUT2D eigenvalue weighted by Gasteiger charge is -2.24. The molecule has 1 saturated heterocycles. The average molecular weight is 393 g/mol. The summed E-state index contributed by atoms with van der Waals surface area (Å²) in [6.45, 7) is -0.954. The van der Waals surface area contributed by atoms with Crippen molar-refractivity contribution in [1.82, 2.24) is 10.6 Å². The molecule has 0 bridgehead atoms. The number of amides is 1. The van der Waals surface area contributed by atoms with Crippen LogP contribution >= 0.6 is 12.4 Å². The van der Waals surface area contributed by atoms with Crippen LogP contribution in [0.3, 0.4) is 0 Å². The predicted octanol–water partition coefficient (Wildman–Crippen LogP) is 3.59. The first-order valence-corrected chi connectivity index (χ1v) is 8.73. The van der Waals surface area contributed by atoms with Gasteiger partial charge in [-0.2, -0.15) is 13.2 Å². The third-order valence-electron chi connectivity index (χ3n) is 4.97. The topological polar surface area (TPSA) is 50.4 Å². The van der Waals surface area contributed by atoms with Crippen molar-refractivity contribution in [3.05, 3.63) is 29.8 Å². The SMILES string of the molecule is Cl.O=C(NCc1ccc(OCC(F)(F)F)cc1)C1CC2CCCCC2N1. The molecule has 2 aliphatic rings. The van der Waals surface area contributed by atoms with Crippen molar-refractivity contribution < 1.29 is 22.7 Å². The van der Waals surface area contributed by atoms with Gasteiger partial charge in [-0.15, -0.1) is 12.4 Å². The van der Waals surface area contributed by atoms with Crippen LogP contribution in [0.25, 0.3) is 0 Å². The monoisotopic (exact) mass is 392 g/mol. The summed E-state index contributed by atoms with van der Waals surface area (Å²) in [5.41, 5.74) is 0.822. The smallest absolute Gasteiger partial charge is 0.422 e. The van der Waals surface area contributed by atoms with Crippen molar-refractivity contribution in [2.75, 3.05) is 6.61 Å². The van der Waals surface area contributed by atoms with Crippen molar-refractivity contribution in [3.63, 3.8) is 0 Å². The van der Waals surface area contributed by atoms with Gasteiger partial charge in [0.05, 0.1) is 6.04 Å². The van der Waals surface area contributed by atoms with Gasteiger partial charge in [0.1, 0.15) is 5.75 Å². The van der Waals surface area contributed by atoms with E-state index >= 15 is 0 Å². The average Bonchev–Trinajstić information content (AvgIpc) is 3.02. The normalized spacial score (nSPS) is 25.1. The van der Waals surface area contributed by atoms with Crippen molar-refractivity contribution in [3.8, 4) is 5.75 Å². The van der Waals surface area contributed by atoms with Crippen molar-refractivity contribution in [2.24, 2.45) is 5.92 Å². The Balaban J connectivity index is 0.00000243. The molecule has 146 valence electrons.